The van der Waals surface area contributed by atoms with Crippen molar-refractivity contribution >= 4 is 28.9 Å². The van der Waals surface area contributed by atoms with Gasteiger partial charge in [-0.2, -0.15) is 0 Å². The lowest BCUT2D eigenvalue weighted by atomic mass is 9.96. The molecular weight excluding hydrogens is 286 g/mol. The first-order chi connectivity index (χ1) is 8.99. The highest BCUT2D eigenvalue weighted by atomic mass is 35.5. The Morgan fingerprint density at radius 2 is 2.26 bits per heavy atom. The molecule has 1 aromatic carbocycles. The van der Waals surface area contributed by atoms with Crippen molar-refractivity contribution in [1.82, 2.24) is 4.98 Å². The molecule has 0 spiro atoms. The van der Waals surface area contributed by atoms with Gasteiger partial charge in [0.25, 0.3) is 5.19 Å². The van der Waals surface area contributed by atoms with E-state index in [1.807, 2.05) is 6.92 Å². The summed E-state index contributed by atoms with van der Waals surface area (Å²) in [4.78, 5) is 15.0. The fourth-order valence-electron chi connectivity index (χ4n) is 1.70. The van der Waals surface area contributed by atoms with E-state index in [4.69, 9.17) is 21.4 Å². The van der Waals surface area contributed by atoms with Gasteiger partial charge < -0.3 is 9.84 Å². The van der Waals surface area contributed by atoms with Crippen molar-refractivity contribution in [1.29, 1.82) is 0 Å². The molecule has 0 amide bonds. The van der Waals surface area contributed by atoms with Crippen LogP contribution in [-0.2, 0) is 4.79 Å². The van der Waals surface area contributed by atoms with E-state index in [2.05, 4.69) is 4.98 Å². The maximum absolute atomic E-state index is 11.0. The lowest BCUT2D eigenvalue weighted by Gasteiger charge is -2.13. The third-order valence-electron chi connectivity index (χ3n) is 2.76. The van der Waals surface area contributed by atoms with Crippen molar-refractivity contribution in [3.8, 4) is 10.9 Å². The van der Waals surface area contributed by atoms with Gasteiger partial charge in [0.05, 0.1) is 10.9 Å². The van der Waals surface area contributed by atoms with Gasteiger partial charge in [-0.25, -0.2) is 4.98 Å². The second kappa shape index (κ2) is 5.59. The fraction of sp³-hybridized carbons (Fsp3) is 0.231. The van der Waals surface area contributed by atoms with Gasteiger partial charge >= 0.3 is 5.97 Å². The molecule has 1 unspecified atom stereocenters. The SMILES string of the molecule is Cc1cc(Oc2nccs2)c(Cl)cc1C(C)C(=O)O. The van der Waals surface area contributed by atoms with Crippen LogP contribution in [0.1, 0.15) is 24.0 Å². The molecule has 19 heavy (non-hydrogen) atoms. The molecule has 2 aromatic rings. The molecule has 0 saturated carbocycles. The van der Waals surface area contributed by atoms with Crippen molar-refractivity contribution < 1.29 is 14.6 Å². The summed E-state index contributed by atoms with van der Waals surface area (Å²) in [6, 6.07) is 3.37. The van der Waals surface area contributed by atoms with Crippen molar-refractivity contribution in [2.75, 3.05) is 0 Å². The molecule has 100 valence electrons. The number of aliphatic carboxylic acids is 1. The number of thiazole rings is 1. The summed E-state index contributed by atoms with van der Waals surface area (Å²) in [6.45, 7) is 3.46. The molecule has 4 nitrogen and oxygen atoms in total. The highest BCUT2D eigenvalue weighted by Crippen LogP contribution is 2.35. The first-order valence-corrected chi connectivity index (χ1v) is 6.85. The van der Waals surface area contributed by atoms with Gasteiger partial charge in [-0.05, 0) is 37.1 Å². The van der Waals surface area contributed by atoms with Crippen molar-refractivity contribution in [2.45, 2.75) is 19.8 Å². The van der Waals surface area contributed by atoms with E-state index in [1.165, 1.54) is 11.3 Å². The predicted octanol–water partition coefficient (Wildman–Crippen LogP) is 4.09. The maximum Gasteiger partial charge on any atom is 0.310 e. The average Bonchev–Trinajstić information content (AvgIpc) is 2.85. The third kappa shape index (κ3) is 3.05. The number of benzene rings is 1. The van der Waals surface area contributed by atoms with Crippen molar-refractivity contribution in [3.63, 3.8) is 0 Å². The Labute approximate surface area is 119 Å². The van der Waals surface area contributed by atoms with Crippen LogP contribution in [0.15, 0.2) is 23.7 Å². The number of nitrogens with zero attached hydrogens (tertiary/aromatic N) is 1. The minimum atomic E-state index is -0.882. The van der Waals surface area contributed by atoms with Gasteiger partial charge in [0.1, 0.15) is 5.75 Å². The number of aryl methyl sites for hydroxylation is 1. The van der Waals surface area contributed by atoms with Crippen LogP contribution in [0.25, 0.3) is 0 Å². The monoisotopic (exact) mass is 297 g/mol. The Hall–Kier alpha value is -1.59. The highest BCUT2D eigenvalue weighted by Gasteiger charge is 2.18. The Morgan fingerprint density at radius 3 is 2.84 bits per heavy atom. The van der Waals surface area contributed by atoms with Gasteiger partial charge in [0.2, 0.25) is 0 Å². The quantitative estimate of drug-likeness (QED) is 0.923. The molecule has 1 heterocycles. The number of rotatable bonds is 4. The summed E-state index contributed by atoms with van der Waals surface area (Å²) in [5, 5.41) is 11.7. The zero-order chi connectivity index (χ0) is 14.0. The number of carboxylic acid groups (broad SMARTS) is 1. The number of hydrogen-bond acceptors (Lipinski definition) is 4. The number of carbonyl (C=O) groups is 1. The smallest absolute Gasteiger partial charge is 0.310 e. The van der Waals surface area contributed by atoms with E-state index in [-0.39, 0.29) is 0 Å². The Bertz CT molecular complexity index is 598. The largest absolute Gasteiger partial charge is 0.481 e. The van der Waals surface area contributed by atoms with E-state index in [1.54, 1.807) is 30.6 Å². The summed E-state index contributed by atoms with van der Waals surface area (Å²) in [6.07, 6.45) is 1.64. The zero-order valence-corrected chi connectivity index (χ0v) is 12.0. The highest BCUT2D eigenvalue weighted by molar-refractivity contribution is 7.11. The van der Waals surface area contributed by atoms with Gasteiger partial charge in [-0.3, -0.25) is 4.79 Å². The zero-order valence-electron chi connectivity index (χ0n) is 10.4. The summed E-state index contributed by atoms with van der Waals surface area (Å²) in [7, 11) is 0. The normalized spacial score (nSPS) is 12.2. The van der Waals surface area contributed by atoms with Crippen LogP contribution < -0.4 is 4.74 Å². The molecular formula is C13H12ClNO3S. The minimum absolute atomic E-state index is 0.379. The molecule has 0 radical (unpaired) electrons. The van der Waals surface area contributed by atoms with Gasteiger partial charge in [0.15, 0.2) is 0 Å². The summed E-state index contributed by atoms with van der Waals surface area (Å²) >= 11 is 7.49. The molecule has 0 aliphatic carbocycles. The summed E-state index contributed by atoms with van der Waals surface area (Å²) < 4.78 is 5.55. The summed E-state index contributed by atoms with van der Waals surface area (Å²) in [5.41, 5.74) is 1.51. The lowest BCUT2D eigenvalue weighted by molar-refractivity contribution is -0.138. The Morgan fingerprint density at radius 1 is 1.53 bits per heavy atom. The van der Waals surface area contributed by atoms with E-state index in [0.29, 0.717) is 21.5 Å². The standard InChI is InChI=1S/C13H12ClNO3S/c1-7-5-11(18-13-15-3-4-19-13)10(14)6-9(7)8(2)12(16)17/h3-6,8H,1-2H3,(H,16,17). The van der Waals surface area contributed by atoms with Crippen LogP contribution in [0.3, 0.4) is 0 Å². The van der Waals surface area contributed by atoms with Gasteiger partial charge in [-0.1, -0.05) is 22.9 Å². The number of halogens is 1. The van der Waals surface area contributed by atoms with E-state index in [9.17, 15) is 4.79 Å². The van der Waals surface area contributed by atoms with E-state index in [0.717, 1.165) is 5.56 Å². The lowest BCUT2D eigenvalue weighted by Crippen LogP contribution is -2.09. The maximum atomic E-state index is 11.0. The molecule has 1 atom stereocenters. The van der Waals surface area contributed by atoms with Gasteiger partial charge in [0, 0.05) is 11.6 Å². The number of hydrogen-bond donors (Lipinski definition) is 1. The van der Waals surface area contributed by atoms with E-state index < -0.39 is 11.9 Å². The molecule has 0 aliphatic rings. The Balaban J connectivity index is 2.34. The molecule has 1 N–H and O–H groups in total. The number of ether oxygens (including phenoxy) is 1. The van der Waals surface area contributed by atoms with Crippen molar-refractivity contribution in [2.24, 2.45) is 0 Å². The third-order valence-corrected chi connectivity index (χ3v) is 3.71. The fourth-order valence-corrected chi connectivity index (χ4v) is 2.41. The summed E-state index contributed by atoms with van der Waals surface area (Å²) in [5.74, 6) is -1.00. The second-order valence-corrected chi connectivity index (χ2v) is 5.36. The molecule has 1 aromatic heterocycles. The van der Waals surface area contributed by atoms with Crippen LogP contribution >= 0.6 is 22.9 Å². The van der Waals surface area contributed by atoms with E-state index >= 15 is 0 Å². The van der Waals surface area contributed by atoms with Crippen LogP contribution in [0.4, 0.5) is 0 Å². The van der Waals surface area contributed by atoms with Crippen molar-refractivity contribution in [3.05, 3.63) is 39.9 Å². The second-order valence-electron chi connectivity index (χ2n) is 4.10. The number of aromatic nitrogens is 1. The first-order valence-electron chi connectivity index (χ1n) is 5.59. The molecule has 2 rings (SSSR count). The Kier molecular flexibility index (Phi) is 4.07. The topological polar surface area (TPSA) is 59.4 Å². The van der Waals surface area contributed by atoms with Crippen LogP contribution in [0, 0.1) is 6.92 Å². The van der Waals surface area contributed by atoms with Crippen LogP contribution in [0.2, 0.25) is 5.02 Å². The van der Waals surface area contributed by atoms with Crippen LogP contribution in [-0.4, -0.2) is 16.1 Å². The first kappa shape index (κ1) is 13.8. The van der Waals surface area contributed by atoms with Crippen LogP contribution in [0.5, 0.6) is 10.9 Å². The molecule has 6 heteroatoms. The van der Waals surface area contributed by atoms with Gasteiger partial charge in [-0.15, -0.1) is 0 Å². The molecule has 0 aliphatic heterocycles. The molecule has 0 saturated heterocycles. The molecule has 0 fully saturated rings. The minimum Gasteiger partial charge on any atom is -0.481 e. The molecule has 0 bridgehead atoms. The number of carboxylic acids is 1. The average molecular weight is 298 g/mol. The predicted molar refractivity (Wildman–Crippen MR) is 74.4 cm³/mol.